The van der Waals surface area contributed by atoms with Crippen LogP contribution in [0.25, 0.3) is 0 Å². The van der Waals surface area contributed by atoms with Crippen molar-refractivity contribution >= 4 is 0 Å². The van der Waals surface area contributed by atoms with Crippen molar-refractivity contribution in [1.29, 1.82) is 0 Å². The van der Waals surface area contributed by atoms with Crippen LogP contribution in [0, 0.1) is 0 Å². The van der Waals surface area contributed by atoms with Gasteiger partial charge in [-0.3, -0.25) is 4.90 Å². The first-order chi connectivity index (χ1) is 7.44. The SMILES string of the molecule is CCCN(C(C)CCNC(C)(C)C)C1CC1. The van der Waals surface area contributed by atoms with Gasteiger partial charge in [0.2, 0.25) is 0 Å². The number of nitrogens with one attached hydrogen (secondary N) is 1. The van der Waals surface area contributed by atoms with E-state index in [4.69, 9.17) is 0 Å². The topological polar surface area (TPSA) is 15.3 Å². The highest BCUT2D eigenvalue weighted by Crippen LogP contribution is 2.29. The van der Waals surface area contributed by atoms with Gasteiger partial charge in [0.25, 0.3) is 0 Å². The maximum Gasteiger partial charge on any atom is 0.00992 e. The van der Waals surface area contributed by atoms with Gasteiger partial charge in [0, 0.05) is 17.6 Å². The lowest BCUT2D eigenvalue weighted by Gasteiger charge is -2.30. The summed E-state index contributed by atoms with van der Waals surface area (Å²) in [7, 11) is 0. The summed E-state index contributed by atoms with van der Waals surface area (Å²) in [6.07, 6.45) is 5.41. The lowest BCUT2D eigenvalue weighted by molar-refractivity contribution is 0.186. The first kappa shape index (κ1) is 14.0. The van der Waals surface area contributed by atoms with Gasteiger partial charge in [-0.05, 0) is 66.5 Å². The quantitative estimate of drug-likeness (QED) is 0.718. The van der Waals surface area contributed by atoms with Gasteiger partial charge in [-0.25, -0.2) is 0 Å². The van der Waals surface area contributed by atoms with Crippen molar-refractivity contribution in [1.82, 2.24) is 10.2 Å². The molecule has 1 fully saturated rings. The van der Waals surface area contributed by atoms with Crippen LogP contribution in [0.5, 0.6) is 0 Å². The van der Waals surface area contributed by atoms with Crippen LogP contribution in [0.3, 0.4) is 0 Å². The van der Waals surface area contributed by atoms with Crippen molar-refractivity contribution in [2.75, 3.05) is 13.1 Å². The van der Waals surface area contributed by atoms with Crippen molar-refractivity contribution in [2.24, 2.45) is 0 Å². The molecule has 0 aromatic rings. The van der Waals surface area contributed by atoms with E-state index >= 15 is 0 Å². The molecule has 1 unspecified atom stereocenters. The second-order valence-electron chi connectivity index (χ2n) is 6.28. The Kier molecular flexibility index (Phi) is 5.26. The molecule has 0 saturated heterocycles. The molecule has 1 rings (SSSR count). The van der Waals surface area contributed by atoms with Crippen molar-refractivity contribution in [3.05, 3.63) is 0 Å². The number of nitrogens with zero attached hydrogens (tertiary/aromatic N) is 1. The summed E-state index contributed by atoms with van der Waals surface area (Å²) in [5.41, 5.74) is 0.259. The van der Waals surface area contributed by atoms with E-state index in [-0.39, 0.29) is 5.54 Å². The van der Waals surface area contributed by atoms with E-state index < -0.39 is 0 Å². The van der Waals surface area contributed by atoms with Gasteiger partial charge in [-0.1, -0.05) is 6.92 Å². The minimum Gasteiger partial charge on any atom is -0.312 e. The third kappa shape index (κ3) is 5.31. The first-order valence-electron chi connectivity index (χ1n) is 6.95. The van der Waals surface area contributed by atoms with E-state index in [1.807, 2.05) is 0 Å². The van der Waals surface area contributed by atoms with Crippen LogP contribution in [-0.4, -0.2) is 35.6 Å². The van der Waals surface area contributed by atoms with Crippen LogP contribution in [0.2, 0.25) is 0 Å². The molecule has 1 aliphatic rings. The second-order valence-corrected chi connectivity index (χ2v) is 6.28. The summed E-state index contributed by atoms with van der Waals surface area (Å²) in [4.78, 5) is 2.71. The van der Waals surface area contributed by atoms with Crippen molar-refractivity contribution in [2.45, 2.75) is 77.9 Å². The van der Waals surface area contributed by atoms with Crippen LogP contribution in [0.15, 0.2) is 0 Å². The molecule has 2 nitrogen and oxygen atoms in total. The zero-order valence-electron chi connectivity index (χ0n) is 11.8. The Morgan fingerprint density at radius 1 is 1.31 bits per heavy atom. The van der Waals surface area contributed by atoms with E-state index in [0.29, 0.717) is 0 Å². The molecule has 0 bridgehead atoms. The smallest absolute Gasteiger partial charge is 0.00992 e. The Balaban J connectivity index is 2.23. The second kappa shape index (κ2) is 6.02. The molecule has 16 heavy (non-hydrogen) atoms. The number of rotatable bonds is 7. The Hall–Kier alpha value is -0.0800. The van der Waals surface area contributed by atoms with Gasteiger partial charge in [0.15, 0.2) is 0 Å². The van der Waals surface area contributed by atoms with Gasteiger partial charge in [0.1, 0.15) is 0 Å². The Labute approximate surface area is 102 Å². The van der Waals surface area contributed by atoms with Crippen LogP contribution < -0.4 is 5.32 Å². The molecule has 0 aromatic carbocycles. The Morgan fingerprint density at radius 3 is 2.38 bits per heavy atom. The molecule has 1 N–H and O–H groups in total. The molecule has 0 aromatic heterocycles. The molecule has 1 atom stereocenters. The summed E-state index contributed by atoms with van der Waals surface area (Å²) in [5.74, 6) is 0. The highest BCUT2D eigenvalue weighted by atomic mass is 15.2. The molecule has 0 radical (unpaired) electrons. The third-order valence-corrected chi connectivity index (χ3v) is 3.28. The van der Waals surface area contributed by atoms with E-state index in [9.17, 15) is 0 Å². The number of hydrogen-bond acceptors (Lipinski definition) is 2. The summed E-state index contributed by atoms with van der Waals surface area (Å²) >= 11 is 0. The normalized spacial score (nSPS) is 19.1. The molecule has 0 aliphatic heterocycles. The van der Waals surface area contributed by atoms with E-state index in [1.165, 1.54) is 32.2 Å². The Morgan fingerprint density at radius 2 is 1.94 bits per heavy atom. The summed E-state index contributed by atoms with van der Waals surface area (Å²) in [6.45, 7) is 13.8. The summed E-state index contributed by atoms with van der Waals surface area (Å²) in [6, 6.07) is 1.65. The van der Waals surface area contributed by atoms with Gasteiger partial charge < -0.3 is 5.32 Å². The lowest BCUT2D eigenvalue weighted by atomic mass is 10.1. The molecule has 0 spiro atoms. The average Bonchev–Trinajstić information content (AvgIpc) is 2.95. The van der Waals surface area contributed by atoms with Gasteiger partial charge in [0.05, 0.1) is 0 Å². The minimum absolute atomic E-state index is 0.259. The fraction of sp³-hybridized carbons (Fsp3) is 1.00. The zero-order chi connectivity index (χ0) is 12.2. The molecule has 2 heteroatoms. The van der Waals surface area contributed by atoms with Gasteiger partial charge >= 0.3 is 0 Å². The fourth-order valence-corrected chi connectivity index (χ4v) is 2.25. The molecule has 1 saturated carbocycles. The highest BCUT2D eigenvalue weighted by Gasteiger charge is 2.31. The Bertz CT molecular complexity index is 191. The molecular weight excluding hydrogens is 196 g/mol. The van der Waals surface area contributed by atoms with Crippen molar-refractivity contribution in [3.63, 3.8) is 0 Å². The highest BCUT2D eigenvalue weighted by molar-refractivity contribution is 4.87. The number of hydrogen-bond donors (Lipinski definition) is 1. The molecule has 1 aliphatic carbocycles. The summed E-state index contributed by atoms with van der Waals surface area (Å²) in [5, 5.41) is 3.58. The fourth-order valence-electron chi connectivity index (χ4n) is 2.25. The zero-order valence-corrected chi connectivity index (χ0v) is 11.8. The van der Waals surface area contributed by atoms with Crippen molar-refractivity contribution < 1.29 is 0 Å². The monoisotopic (exact) mass is 226 g/mol. The van der Waals surface area contributed by atoms with Gasteiger partial charge in [-0.15, -0.1) is 0 Å². The molecular formula is C14H30N2. The van der Waals surface area contributed by atoms with Gasteiger partial charge in [-0.2, -0.15) is 0 Å². The largest absolute Gasteiger partial charge is 0.312 e. The van der Waals surface area contributed by atoms with Crippen LogP contribution in [0.4, 0.5) is 0 Å². The molecule has 0 amide bonds. The maximum atomic E-state index is 3.58. The molecule has 0 heterocycles. The molecule has 96 valence electrons. The summed E-state index contributed by atoms with van der Waals surface area (Å²) < 4.78 is 0. The van der Waals surface area contributed by atoms with Crippen LogP contribution in [-0.2, 0) is 0 Å². The van der Waals surface area contributed by atoms with E-state index in [2.05, 4.69) is 44.8 Å². The standard InChI is InChI=1S/C14H30N2/c1-6-11-16(13-7-8-13)12(2)9-10-15-14(3,4)5/h12-13,15H,6-11H2,1-5H3. The third-order valence-electron chi connectivity index (χ3n) is 3.28. The predicted molar refractivity (Wildman–Crippen MR) is 71.9 cm³/mol. The first-order valence-corrected chi connectivity index (χ1v) is 6.95. The average molecular weight is 226 g/mol. The van der Waals surface area contributed by atoms with Crippen LogP contribution >= 0.6 is 0 Å². The van der Waals surface area contributed by atoms with Crippen molar-refractivity contribution in [3.8, 4) is 0 Å². The maximum absolute atomic E-state index is 3.58. The lowest BCUT2D eigenvalue weighted by Crippen LogP contribution is -2.41. The van der Waals surface area contributed by atoms with E-state index in [1.54, 1.807) is 0 Å². The van der Waals surface area contributed by atoms with E-state index in [0.717, 1.165) is 18.6 Å². The predicted octanol–water partition coefficient (Wildman–Crippen LogP) is 3.03. The van der Waals surface area contributed by atoms with Crippen LogP contribution in [0.1, 0.15) is 60.3 Å². The minimum atomic E-state index is 0.259.